The first-order chi connectivity index (χ1) is 14.2. The number of carbonyl (C=O) groups is 1. The van der Waals surface area contributed by atoms with Gasteiger partial charge in [0.05, 0.1) is 16.6 Å². The lowest BCUT2D eigenvalue weighted by Gasteiger charge is -2.05. The summed E-state index contributed by atoms with van der Waals surface area (Å²) in [6.45, 7) is 0.649. The van der Waals surface area contributed by atoms with Gasteiger partial charge in [-0.2, -0.15) is 4.68 Å². The van der Waals surface area contributed by atoms with Crippen LogP contribution in [0.5, 0.6) is 0 Å². The molecule has 0 saturated carbocycles. The summed E-state index contributed by atoms with van der Waals surface area (Å²) in [5.41, 5.74) is -0.764. The van der Waals surface area contributed by atoms with E-state index in [9.17, 15) is 29.4 Å². The van der Waals surface area contributed by atoms with Gasteiger partial charge in [-0.3, -0.25) is 20.2 Å². The highest BCUT2D eigenvalue weighted by Crippen LogP contribution is 2.29. The van der Waals surface area contributed by atoms with E-state index in [1.54, 1.807) is 0 Å². The minimum absolute atomic E-state index is 0.0367. The first-order valence-corrected chi connectivity index (χ1v) is 8.53. The summed E-state index contributed by atoms with van der Waals surface area (Å²) in [5.74, 6) is -2.34. The number of anilines is 1. The van der Waals surface area contributed by atoms with E-state index in [0.717, 1.165) is 4.68 Å². The molecule has 0 radical (unpaired) electrons. The first kappa shape index (κ1) is 20.8. The second-order valence-corrected chi connectivity index (χ2v) is 6.35. The Bertz CT molecular complexity index is 1140. The largest absolute Gasteiger partial charge is 0.468 e. The number of benzene rings is 1. The smallest absolute Gasteiger partial charge is 0.358 e. The normalized spacial score (nSPS) is 10.8. The van der Waals surface area contributed by atoms with Crippen LogP contribution in [0, 0.1) is 33.0 Å². The topological polar surface area (TPSA) is 164 Å². The van der Waals surface area contributed by atoms with Crippen LogP contribution in [0.3, 0.4) is 0 Å². The molecule has 1 amide bonds. The Morgan fingerprint density at radius 1 is 1.27 bits per heavy atom. The van der Waals surface area contributed by atoms with Gasteiger partial charge in [0, 0.05) is 10.6 Å². The van der Waals surface area contributed by atoms with Crippen molar-refractivity contribution in [2.24, 2.45) is 0 Å². The van der Waals surface area contributed by atoms with Crippen LogP contribution in [0.4, 0.5) is 21.8 Å². The zero-order chi connectivity index (χ0) is 22.0. The zero-order valence-corrected chi connectivity index (χ0v) is 15.9. The van der Waals surface area contributed by atoms with Gasteiger partial charge >= 0.3 is 11.5 Å². The van der Waals surface area contributed by atoms with Crippen LogP contribution in [0.1, 0.15) is 11.3 Å². The van der Waals surface area contributed by atoms with Crippen LogP contribution in [-0.4, -0.2) is 40.3 Å². The van der Waals surface area contributed by atoms with Crippen molar-refractivity contribution in [2.45, 2.75) is 20.0 Å². The molecule has 0 spiro atoms. The summed E-state index contributed by atoms with van der Waals surface area (Å²) in [6, 6.07) is 4.22. The molecule has 0 saturated heterocycles. The molecule has 30 heavy (non-hydrogen) atoms. The average Bonchev–Trinajstić information content (AvgIpc) is 3.23. The molecule has 15 heteroatoms. The predicted molar refractivity (Wildman–Crippen MR) is 99.4 cm³/mol. The highest BCUT2D eigenvalue weighted by Gasteiger charge is 2.35. The third-order valence-corrected chi connectivity index (χ3v) is 4.33. The van der Waals surface area contributed by atoms with Gasteiger partial charge in [0.2, 0.25) is 5.95 Å². The molecule has 0 bridgehead atoms. The maximum atomic E-state index is 13.9. The molecule has 2 heterocycles. The van der Waals surface area contributed by atoms with Crippen molar-refractivity contribution in [2.75, 3.05) is 5.32 Å². The third-order valence-electron chi connectivity index (χ3n) is 3.98. The van der Waals surface area contributed by atoms with Crippen LogP contribution in [-0.2, 0) is 17.9 Å². The van der Waals surface area contributed by atoms with E-state index in [4.69, 9.17) is 11.6 Å². The quantitative estimate of drug-likeness (QED) is 0.432. The van der Waals surface area contributed by atoms with Crippen molar-refractivity contribution in [3.63, 3.8) is 0 Å². The Labute approximate surface area is 171 Å². The van der Waals surface area contributed by atoms with Crippen molar-refractivity contribution >= 4 is 35.0 Å². The van der Waals surface area contributed by atoms with Crippen LogP contribution in [0.25, 0.3) is 0 Å². The van der Waals surface area contributed by atoms with Gasteiger partial charge in [-0.15, -0.1) is 5.10 Å². The van der Waals surface area contributed by atoms with E-state index in [1.165, 1.54) is 36.1 Å². The molecule has 3 rings (SSSR count). The van der Waals surface area contributed by atoms with E-state index >= 15 is 0 Å². The number of aromatic nitrogens is 5. The molecule has 156 valence electrons. The Balaban J connectivity index is 1.72. The summed E-state index contributed by atoms with van der Waals surface area (Å²) in [5, 5.41) is 32.0. The lowest BCUT2D eigenvalue weighted by atomic mass is 10.2. The minimum atomic E-state index is -1.00. The molecule has 1 N–H and O–H groups in total. The fourth-order valence-electron chi connectivity index (χ4n) is 2.59. The van der Waals surface area contributed by atoms with Crippen molar-refractivity contribution in [1.29, 1.82) is 0 Å². The molecule has 3 aromatic rings. The molecule has 2 aromatic heterocycles. The molecular formula is C15H12ClFN8O5. The van der Waals surface area contributed by atoms with Gasteiger partial charge in [0.15, 0.2) is 0 Å². The molecule has 0 atom stereocenters. The Morgan fingerprint density at radius 3 is 2.60 bits per heavy atom. The number of nitrogens with one attached hydrogen (secondary N) is 1. The fraction of sp³-hybridized carbons (Fsp3) is 0.200. The number of halogens is 2. The van der Waals surface area contributed by atoms with Crippen LogP contribution < -0.4 is 5.32 Å². The third kappa shape index (κ3) is 4.22. The summed E-state index contributed by atoms with van der Waals surface area (Å²) in [4.78, 5) is 36.1. The Morgan fingerprint density at radius 2 is 2.00 bits per heavy atom. The van der Waals surface area contributed by atoms with E-state index < -0.39 is 39.6 Å². The van der Waals surface area contributed by atoms with Gasteiger partial charge in [-0.05, 0) is 24.0 Å². The fourth-order valence-corrected chi connectivity index (χ4v) is 2.81. The van der Waals surface area contributed by atoms with E-state index in [-0.39, 0.29) is 28.8 Å². The number of carbonyl (C=O) groups excluding carboxylic acids is 1. The van der Waals surface area contributed by atoms with E-state index in [0.29, 0.717) is 0 Å². The monoisotopic (exact) mass is 438 g/mol. The molecule has 0 aliphatic rings. The van der Waals surface area contributed by atoms with Crippen molar-refractivity contribution in [3.8, 4) is 0 Å². The van der Waals surface area contributed by atoms with E-state index in [1.807, 2.05) is 0 Å². The Kier molecular flexibility index (Phi) is 5.68. The molecular weight excluding hydrogens is 427 g/mol. The van der Waals surface area contributed by atoms with Gasteiger partial charge in [0.25, 0.3) is 5.91 Å². The maximum absolute atomic E-state index is 13.9. The Hall–Kier alpha value is -3.94. The maximum Gasteiger partial charge on any atom is 0.468 e. The van der Waals surface area contributed by atoms with Crippen LogP contribution in [0.2, 0.25) is 5.02 Å². The molecule has 0 aliphatic heterocycles. The zero-order valence-electron chi connectivity index (χ0n) is 15.2. The second-order valence-electron chi connectivity index (χ2n) is 5.94. The van der Waals surface area contributed by atoms with Crippen molar-refractivity contribution < 1.29 is 19.0 Å². The minimum Gasteiger partial charge on any atom is -0.358 e. The van der Waals surface area contributed by atoms with Gasteiger partial charge in [-0.1, -0.05) is 17.7 Å². The van der Waals surface area contributed by atoms with Gasteiger partial charge in [-0.25, -0.2) is 14.1 Å². The summed E-state index contributed by atoms with van der Waals surface area (Å²) in [6.07, 6.45) is 1.24. The number of nitrogens with zero attached hydrogens (tertiary/aromatic N) is 7. The van der Waals surface area contributed by atoms with E-state index in [2.05, 4.69) is 20.5 Å². The first-order valence-electron chi connectivity index (χ1n) is 8.15. The van der Waals surface area contributed by atoms with Crippen molar-refractivity contribution in [3.05, 3.63) is 66.9 Å². The highest BCUT2D eigenvalue weighted by atomic mass is 35.5. The van der Waals surface area contributed by atoms with Crippen LogP contribution >= 0.6 is 11.6 Å². The number of amides is 1. The number of rotatable bonds is 7. The lowest BCUT2D eigenvalue weighted by molar-refractivity contribution is -0.424. The lowest BCUT2D eigenvalue weighted by Crippen LogP contribution is -2.21. The number of hydrogen-bond donors (Lipinski definition) is 1. The molecule has 0 unspecified atom stereocenters. The molecule has 0 fully saturated rings. The summed E-state index contributed by atoms with van der Waals surface area (Å²) < 4.78 is 15.9. The van der Waals surface area contributed by atoms with Gasteiger partial charge < -0.3 is 10.1 Å². The highest BCUT2D eigenvalue weighted by molar-refractivity contribution is 6.31. The van der Waals surface area contributed by atoms with Crippen LogP contribution in [0.15, 0.2) is 24.5 Å². The van der Waals surface area contributed by atoms with Gasteiger partial charge in [0.1, 0.15) is 24.4 Å². The average molecular weight is 439 g/mol. The molecule has 13 nitrogen and oxygen atoms in total. The SMILES string of the molecule is Cc1c([N+](=O)[O-])c([N+](=O)[O-])nn1CC(=O)Nc1ncn(Cc2c(F)cccc2Cl)n1. The summed E-state index contributed by atoms with van der Waals surface area (Å²) >= 11 is 5.96. The molecule has 0 aliphatic carbocycles. The number of nitro groups is 2. The predicted octanol–water partition coefficient (Wildman–Crippen LogP) is 2.08. The number of hydrogen-bond acceptors (Lipinski definition) is 8. The van der Waals surface area contributed by atoms with Crippen molar-refractivity contribution in [1.82, 2.24) is 24.5 Å². The standard InChI is InChI=1S/C15H12ClFN8O5/c1-8-13(24(27)28)14(25(29)30)20-23(8)6-12(26)19-15-18-7-22(21-15)5-9-10(16)3-2-4-11(9)17/h2-4,7H,5-6H2,1H3,(H,19,21,26). The summed E-state index contributed by atoms with van der Waals surface area (Å²) in [7, 11) is 0. The second kappa shape index (κ2) is 8.20. The molecule has 1 aromatic carbocycles.